The second-order valence-electron chi connectivity index (χ2n) is 5.19. The van der Waals surface area contributed by atoms with Crippen LogP contribution in [0, 0.1) is 11.7 Å². The summed E-state index contributed by atoms with van der Waals surface area (Å²) in [5.41, 5.74) is 6.17. The average Bonchev–Trinajstić information content (AvgIpc) is 2.37. The molecule has 5 heteroatoms. The first-order valence-electron chi connectivity index (χ1n) is 6.58. The maximum atomic E-state index is 13.4. The van der Waals surface area contributed by atoms with E-state index in [0.29, 0.717) is 5.92 Å². The SMILES string of the molecule is CC1CN(CC(=O)Nc2ccccc2F)CCC1N. The zero-order valence-electron chi connectivity index (χ0n) is 11.1. The van der Waals surface area contributed by atoms with Gasteiger partial charge >= 0.3 is 0 Å². The second kappa shape index (κ2) is 6.12. The lowest BCUT2D eigenvalue weighted by atomic mass is 9.95. The number of hydrogen-bond acceptors (Lipinski definition) is 3. The third-order valence-electron chi connectivity index (χ3n) is 3.57. The van der Waals surface area contributed by atoms with E-state index in [1.54, 1.807) is 18.2 Å². The molecule has 0 spiro atoms. The molecule has 2 atom stereocenters. The van der Waals surface area contributed by atoms with Crippen molar-refractivity contribution in [3.63, 3.8) is 0 Å². The Kier molecular flexibility index (Phi) is 4.50. The van der Waals surface area contributed by atoms with Crippen LogP contribution >= 0.6 is 0 Å². The Labute approximate surface area is 112 Å². The van der Waals surface area contributed by atoms with Gasteiger partial charge in [0, 0.05) is 19.1 Å². The van der Waals surface area contributed by atoms with E-state index in [9.17, 15) is 9.18 Å². The fraction of sp³-hybridized carbons (Fsp3) is 0.500. The van der Waals surface area contributed by atoms with Gasteiger partial charge in [-0.25, -0.2) is 4.39 Å². The number of rotatable bonds is 3. The first kappa shape index (κ1) is 14.0. The number of nitrogens with zero attached hydrogens (tertiary/aromatic N) is 1. The predicted octanol–water partition coefficient (Wildman–Crippen LogP) is 1.43. The van der Waals surface area contributed by atoms with Gasteiger partial charge in [0.15, 0.2) is 0 Å². The van der Waals surface area contributed by atoms with E-state index < -0.39 is 5.82 Å². The van der Waals surface area contributed by atoms with Gasteiger partial charge in [0.05, 0.1) is 12.2 Å². The summed E-state index contributed by atoms with van der Waals surface area (Å²) >= 11 is 0. The molecule has 19 heavy (non-hydrogen) atoms. The van der Waals surface area contributed by atoms with E-state index in [0.717, 1.165) is 19.5 Å². The Hall–Kier alpha value is -1.46. The van der Waals surface area contributed by atoms with Crippen LogP contribution in [0.1, 0.15) is 13.3 Å². The molecule has 1 fully saturated rings. The molecule has 0 radical (unpaired) electrons. The first-order chi connectivity index (χ1) is 9.06. The summed E-state index contributed by atoms with van der Waals surface area (Å²) < 4.78 is 13.4. The Morgan fingerprint density at radius 2 is 2.26 bits per heavy atom. The standard InChI is InChI=1S/C14H20FN3O/c1-10-8-18(7-6-12(10)16)9-14(19)17-13-5-3-2-4-11(13)15/h2-5,10,12H,6-9,16H2,1H3,(H,17,19). The van der Waals surface area contributed by atoms with Crippen molar-refractivity contribution in [1.82, 2.24) is 4.90 Å². The van der Waals surface area contributed by atoms with E-state index in [4.69, 9.17) is 5.73 Å². The van der Waals surface area contributed by atoms with Gasteiger partial charge in [-0.05, 0) is 24.5 Å². The van der Waals surface area contributed by atoms with Crippen LogP contribution in [-0.2, 0) is 4.79 Å². The van der Waals surface area contributed by atoms with Crippen molar-refractivity contribution in [3.8, 4) is 0 Å². The normalized spacial score (nSPS) is 24.2. The maximum absolute atomic E-state index is 13.4. The van der Waals surface area contributed by atoms with Crippen molar-refractivity contribution < 1.29 is 9.18 Å². The number of amides is 1. The third kappa shape index (κ3) is 3.75. The largest absolute Gasteiger partial charge is 0.327 e. The average molecular weight is 265 g/mol. The van der Waals surface area contributed by atoms with Crippen LogP contribution in [0.15, 0.2) is 24.3 Å². The minimum Gasteiger partial charge on any atom is -0.327 e. The van der Waals surface area contributed by atoms with Crippen molar-refractivity contribution in [2.24, 2.45) is 11.7 Å². The fourth-order valence-electron chi connectivity index (χ4n) is 2.35. The number of hydrogen-bond donors (Lipinski definition) is 2. The number of nitrogens with two attached hydrogens (primary N) is 1. The number of likely N-dealkylation sites (tertiary alicyclic amines) is 1. The maximum Gasteiger partial charge on any atom is 0.238 e. The van der Waals surface area contributed by atoms with Crippen LogP contribution in [0.5, 0.6) is 0 Å². The van der Waals surface area contributed by atoms with Gasteiger partial charge in [-0.2, -0.15) is 0 Å². The molecule has 2 rings (SSSR count). The number of benzene rings is 1. The summed E-state index contributed by atoms with van der Waals surface area (Å²) in [5, 5.41) is 2.60. The topological polar surface area (TPSA) is 58.4 Å². The third-order valence-corrected chi connectivity index (χ3v) is 3.57. The summed E-state index contributed by atoms with van der Waals surface area (Å²) in [5.74, 6) is -0.215. The molecule has 1 aromatic carbocycles. The van der Waals surface area contributed by atoms with Crippen LogP contribution in [0.3, 0.4) is 0 Å². The molecule has 1 aliphatic rings. The van der Waals surface area contributed by atoms with E-state index in [-0.39, 0.29) is 24.2 Å². The zero-order valence-corrected chi connectivity index (χ0v) is 11.1. The lowest BCUT2D eigenvalue weighted by molar-refractivity contribution is -0.117. The van der Waals surface area contributed by atoms with Gasteiger partial charge in [-0.3, -0.25) is 9.69 Å². The molecule has 2 unspecified atom stereocenters. The van der Waals surface area contributed by atoms with Gasteiger partial charge < -0.3 is 11.1 Å². The summed E-state index contributed by atoms with van der Waals surface area (Å²) in [6.07, 6.45) is 0.897. The van der Waals surface area contributed by atoms with Crippen molar-refractivity contribution in [3.05, 3.63) is 30.1 Å². The highest BCUT2D eigenvalue weighted by atomic mass is 19.1. The van der Waals surface area contributed by atoms with E-state index >= 15 is 0 Å². The van der Waals surface area contributed by atoms with Crippen LogP contribution in [0.4, 0.5) is 10.1 Å². The quantitative estimate of drug-likeness (QED) is 0.869. The van der Waals surface area contributed by atoms with Crippen LogP contribution < -0.4 is 11.1 Å². The predicted molar refractivity (Wildman–Crippen MR) is 73.2 cm³/mol. The number of nitrogens with one attached hydrogen (secondary N) is 1. The molecular weight excluding hydrogens is 245 g/mol. The number of halogens is 1. The van der Waals surface area contributed by atoms with Gasteiger partial charge in [0.2, 0.25) is 5.91 Å². The highest BCUT2D eigenvalue weighted by Crippen LogP contribution is 2.15. The first-order valence-corrected chi connectivity index (χ1v) is 6.58. The van der Waals surface area contributed by atoms with Crippen LogP contribution in [-0.4, -0.2) is 36.5 Å². The highest BCUT2D eigenvalue weighted by molar-refractivity contribution is 5.92. The van der Waals surface area contributed by atoms with Crippen molar-refractivity contribution in [1.29, 1.82) is 0 Å². The Morgan fingerprint density at radius 1 is 1.53 bits per heavy atom. The van der Waals surface area contributed by atoms with E-state index in [1.807, 2.05) is 0 Å². The molecule has 4 nitrogen and oxygen atoms in total. The molecule has 1 amide bonds. The molecule has 1 saturated heterocycles. The fourth-order valence-corrected chi connectivity index (χ4v) is 2.35. The molecule has 0 aliphatic carbocycles. The van der Waals surface area contributed by atoms with Crippen LogP contribution in [0.25, 0.3) is 0 Å². The lowest BCUT2D eigenvalue weighted by Gasteiger charge is -2.34. The summed E-state index contributed by atoms with van der Waals surface area (Å²) in [6.45, 7) is 4.00. The minimum absolute atomic E-state index is 0.187. The van der Waals surface area contributed by atoms with Crippen LogP contribution in [0.2, 0.25) is 0 Å². The summed E-state index contributed by atoms with van der Waals surface area (Å²) in [4.78, 5) is 13.9. The molecule has 0 aromatic heterocycles. The number of carbonyl (C=O) groups is 1. The molecule has 3 N–H and O–H groups in total. The molecule has 1 heterocycles. The number of piperidine rings is 1. The van der Waals surface area contributed by atoms with Gasteiger partial charge in [-0.15, -0.1) is 0 Å². The molecule has 104 valence electrons. The monoisotopic (exact) mass is 265 g/mol. The molecule has 0 saturated carbocycles. The van der Waals surface area contributed by atoms with Gasteiger partial charge in [0.25, 0.3) is 0 Å². The van der Waals surface area contributed by atoms with Crippen molar-refractivity contribution >= 4 is 11.6 Å². The lowest BCUT2D eigenvalue weighted by Crippen LogP contribution is -2.48. The van der Waals surface area contributed by atoms with Gasteiger partial charge in [0.1, 0.15) is 5.82 Å². The number of anilines is 1. The molecule has 0 bridgehead atoms. The van der Waals surface area contributed by atoms with Crippen molar-refractivity contribution in [2.45, 2.75) is 19.4 Å². The zero-order chi connectivity index (χ0) is 13.8. The highest BCUT2D eigenvalue weighted by Gasteiger charge is 2.24. The minimum atomic E-state index is -0.412. The van der Waals surface area contributed by atoms with E-state index in [2.05, 4.69) is 17.1 Å². The van der Waals surface area contributed by atoms with Gasteiger partial charge in [-0.1, -0.05) is 19.1 Å². The molecule has 1 aliphatic heterocycles. The summed E-state index contributed by atoms with van der Waals surface area (Å²) in [6, 6.07) is 6.39. The Bertz CT molecular complexity index is 452. The second-order valence-corrected chi connectivity index (χ2v) is 5.19. The molecular formula is C14H20FN3O. The van der Waals surface area contributed by atoms with Crippen molar-refractivity contribution in [2.75, 3.05) is 25.0 Å². The molecule has 1 aromatic rings. The van der Waals surface area contributed by atoms with E-state index in [1.165, 1.54) is 6.07 Å². The number of para-hydroxylation sites is 1. The Balaban J connectivity index is 1.87. The summed E-state index contributed by atoms with van der Waals surface area (Å²) in [7, 11) is 0. The number of carbonyl (C=O) groups excluding carboxylic acids is 1. The smallest absolute Gasteiger partial charge is 0.238 e. The Morgan fingerprint density at radius 3 is 2.95 bits per heavy atom.